The van der Waals surface area contributed by atoms with Gasteiger partial charge in [0.15, 0.2) is 0 Å². The summed E-state index contributed by atoms with van der Waals surface area (Å²) in [4.78, 5) is 20.2. The summed E-state index contributed by atoms with van der Waals surface area (Å²) in [7, 11) is 0. The molecule has 1 aromatic rings. The fourth-order valence-electron chi connectivity index (χ4n) is 2.26. The quantitative estimate of drug-likeness (QED) is 0.808. The molecular weight excluding hydrogens is 254 g/mol. The van der Waals surface area contributed by atoms with E-state index >= 15 is 0 Å². The summed E-state index contributed by atoms with van der Waals surface area (Å²) in [6.45, 7) is 6.42. The second-order valence-electron chi connectivity index (χ2n) is 4.68. The first-order valence-corrected chi connectivity index (χ1v) is 6.83. The molecule has 0 saturated carbocycles. The van der Waals surface area contributed by atoms with Gasteiger partial charge in [0.05, 0.1) is 12.6 Å². The highest BCUT2D eigenvalue weighted by atomic mass is 16.1. The van der Waals surface area contributed by atoms with Crippen LogP contribution in [-0.2, 0) is 0 Å². The third-order valence-corrected chi connectivity index (χ3v) is 3.35. The zero-order valence-corrected chi connectivity index (χ0v) is 11.7. The van der Waals surface area contributed by atoms with Crippen molar-refractivity contribution in [3.05, 3.63) is 24.0 Å². The van der Waals surface area contributed by atoms with Crippen molar-refractivity contribution in [3.63, 3.8) is 0 Å². The Morgan fingerprint density at radius 3 is 2.85 bits per heavy atom. The zero-order chi connectivity index (χ0) is 14.4. The minimum Gasteiger partial charge on any atom is -0.369 e. The highest BCUT2D eigenvalue weighted by Crippen LogP contribution is 2.16. The van der Waals surface area contributed by atoms with Crippen molar-refractivity contribution in [2.75, 3.05) is 44.2 Å². The van der Waals surface area contributed by atoms with E-state index in [0.717, 1.165) is 31.9 Å². The van der Waals surface area contributed by atoms with E-state index in [1.807, 2.05) is 19.1 Å². The monoisotopic (exact) mass is 273 g/mol. The molecule has 0 unspecified atom stereocenters. The Hall–Kier alpha value is -2.13. The SMILES string of the molecule is CCNC(=O)c1cc(N2CCN(CC#N)CC2)ccn1. The Morgan fingerprint density at radius 2 is 2.20 bits per heavy atom. The molecule has 1 N–H and O–H groups in total. The number of nitriles is 1. The van der Waals surface area contributed by atoms with Crippen molar-refractivity contribution in [3.8, 4) is 6.07 Å². The molecule has 0 aliphatic carbocycles. The van der Waals surface area contributed by atoms with Gasteiger partial charge in [-0.1, -0.05) is 0 Å². The van der Waals surface area contributed by atoms with Crippen molar-refractivity contribution in [1.82, 2.24) is 15.2 Å². The normalized spacial score (nSPS) is 15.7. The number of nitrogens with zero attached hydrogens (tertiary/aromatic N) is 4. The van der Waals surface area contributed by atoms with Gasteiger partial charge in [-0.2, -0.15) is 5.26 Å². The summed E-state index contributed by atoms with van der Waals surface area (Å²) >= 11 is 0. The number of carbonyl (C=O) groups is 1. The molecule has 1 amide bonds. The number of amides is 1. The third-order valence-electron chi connectivity index (χ3n) is 3.35. The van der Waals surface area contributed by atoms with E-state index < -0.39 is 0 Å². The summed E-state index contributed by atoms with van der Waals surface area (Å²) in [5.74, 6) is -0.141. The highest BCUT2D eigenvalue weighted by molar-refractivity contribution is 5.93. The minimum atomic E-state index is -0.141. The first kappa shape index (κ1) is 14.3. The molecule has 20 heavy (non-hydrogen) atoms. The van der Waals surface area contributed by atoms with Gasteiger partial charge in [0.1, 0.15) is 5.69 Å². The maximum atomic E-state index is 11.8. The lowest BCUT2D eigenvalue weighted by Gasteiger charge is -2.34. The molecule has 1 fully saturated rings. The maximum Gasteiger partial charge on any atom is 0.269 e. The predicted molar refractivity (Wildman–Crippen MR) is 76.5 cm³/mol. The molecule has 2 rings (SSSR count). The molecule has 2 heterocycles. The van der Waals surface area contributed by atoms with Crippen LogP contribution in [0.3, 0.4) is 0 Å². The average Bonchev–Trinajstić information content (AvgIpc) is 2.49. The van der Waals surface area contributed by atoms with E-state index in [9.17, 15) is 4.79 Å². The Kier molecular flexibility index (Phi) is 4.91. The van der Waals surface area contributed by atoms with E-state index in [4.69, 9.17) is 5.26 Å². The lowest BCUT2D eigenvalue weighted by molar-refractivity contribution is 0.0951. The smallest absolute Gasteiger partial charge is 0.269 e. The Morgan fingerprint density at radius 1 is 1.45 bits per heavy atom. The second-order valence-corrected chi connectivity index (χ2v) is 4.68. The molecule has 0 aromatic carbocycles. The van der Waals surface area contributed by atoms with E-state index in [1.165, 1.54) is 0 Å². The van der Waals surface area contributed by atoms with Crippen LogP contribution in [0.1, 0.15) is 17.4 Å². The van der Waals surface area contributed by atoms with E-state index in [0.29, 0.717) is 18.8 Å². The van der Waals surface area contributed by atoms with Crippen molar-refractivity contribution >= 4 is 11.6 Å². The molecule has 106 valence electrons. The highest BCUT2D eigenvalue weighted by Gasteiger charge is 2.17. The Bertz CT molecular complexity index is 503. The van der Waals surface area contributed by atoms with Crippen LogP contribution in [0.25, 0.3) is 0 Å². The number of piperazine rings is 1. The molecule has 0 spiro atoms. The van der Waals surface area contributed by atoms with Gasteiger partial charge in [-0.15, -0.1) is 0 Å². The average molecular weight is 273 g/mol. The van der Waals surface area contributed by atoms with Crippen LogP contribution in [-0.4, -0.2) is 55.1 Å². The zero-order valence-electron chi connectivity index (χ0n) is 11.7. The summed E-state index contributed by atoms with van der Waals surface area (Å²) in [6, 6.07) is 5.92. The van der Waals surface area contributed by atoms with Gasteiger partial charge in [0, 0.05) is 44.6 Å². The fraction of sp³-hybridized carbons (Fsp3) is 0.500. The maximum absolute atomic E-state index is 11.8. The van der Waals surface area contributed by atoms with Gasteiger partial charge in [0.25, 0.3) is 5.91 Å². The van der Waals surface area contributed by atoms with Gasteiger partial charge in [-0.3, -0.25) is 14.7 Å². The molecule has 0 atom stereocenters. The van der Waals surface area contributed by atoms with Gasteiger partial charge in [-0.05, 0) is 19.1 Å². The minimum absolute atomic E-state index is 0.141. The van der Waals surface area contributed by atoms with Crippen LogP contribution in [0, 0.1) is 11.3 Å². The second kappa shape index (κ2) is 6.87. The Labute approximate surface area is 119 Å². The van der Waals surface area contributed by atoms with Gasteiger partial charge in [0.2, 0.25) is 0 Å². The molecule has 6 heteroatoms. The largest absolute Gasteiger partial charge is 0.369 e. The number of aromatic nitrogens is 1. The molecule has 1 aromatic heterocycles. The predicted octanol–water partition coefficient (Wildman–Crippen LogP) is 0.477. The molecular formula is C14H19N5O. The number of nitrogens with one attached hydrogen (secondary N) is 1. The fourth-order valence-corrected chi connectivity index (χ4v) is 2.26. The summed E-state index contributed by atoms with van der Waals surface area (Å²) in [6.07, 6.45) is 1.67. The molecule has 0 bridgehead atoms. The first-order valence-electron chi connectivity index (χ1n) is 6.83. The van der Waals surface area contributed by atoms with Gasteiger partial charge in [-0.25, -0.2) is 0 Å². The van der Waals surface area contributed by atoms with Crippen LogP contribution in [0.15, 0.2) is 18.3 Å². The molecule has 0 radical (unpaired) electrons. The van der Waals surface area contributed by atoms with E-state index in [1.54, 1.807) is 6.20 Å². The number of hydrogen-bond donors (Lipinski definition) is 1. The van der Waals surface area contributed by atoms with Crippen LogP contribution in [0.5, 0.6) is 0 Å². The number of rotatable bonds is 4. The van der Waals surface area contributed by atoms with Gasteiger partial charge >= 0.3 is 0 Å². The molecule has 1 aliphatic heterocycles. The van der Waals surface area contributed by atoms with Crippen molar-refractivity contribution < 1.29 is 4.79 Å². The molecule has 1 aliphatic rings. The topological polar surface area (TPSA) is 72.3 Å². The first-order chi connectivity index (χ1) is 9.74. The summed E-state index contributed by atoms with van der Waals surface area (Å²) in [5, 5.41) is 11.4. The van der Waals surface area contributed by atoms with Crippen molar-refractivity contribution in [1.29, 1.82) is 5.26 Å². The summed E-state index contributed by atoms with van der Waals surface area (Å²) < 4.78 is 0. The number of pyridine rings is 1. The lowest BCUT2D eigenvalue weighted by atomic mass is 10.2. The lowest BCUT2D eigenvalue weighted by Crippen LogP contribution is -2.46. The van der Waals surface area contributed by atoms with Crippen LogP contribution in [0.2, 0.25) is 0 Å². The standard InChI is InChI=1S/C14H19N5O/c1-2-16-14(20)13-11-12(3-5-17-13)19-9-7-18(6-4-15)8-10-19/h3,5,11H,2,6-10H2,1H3,(H,16,20). The van der Waals surface area contributed by atoms with Gasteiger partial charge < -0.3 is 10.2 Å². The Balaban J connectivity index is 2.02. The van der Waals surface area contributed by atoms with Crippen LogP contribution in [0.4, 0.5) is 5.69 Å². The number of carbonyl (C=O) groups excluding carboxylic acids is 1. The summed E-state index contributed by atoms with van der Waals surface area (Å²) in [5.41, 5.74) is 1.46. The van der Waals surface area contributed by atoms with E-state index in [-0.39, 0.29) is 5.91 Å². The van der Waals surface area contributed by atoms with Crippen molar-refractivity contribution in [2.24, 2.45) is 0 Å². The molecule has 6 nitrogen and oxygen atoms in total. The van der Waals surface area contributed by atoms with E-state index in [2.05, 4.69) is 26.2 Å². The molecule has 1 saturated heterocycles. The number of hydrogen-bond acceptors (Lipinski definition) is 5. The number of anilines is 1. The van der Waals surface area contributed by atoms with Crippen LogP contribution >= 0.6 is 0 Å². The third kappa shape index (κ3) is 3.45. The van der Waals surface area contributed by atoms with Crippen molar-refractivity contribution in [2.45, 2.75) is 6.92 Å². The van der Waals surface area contributed by atoms with Crippen LogP contribution < -0.4 is 10.2 Å².